The third-order valence-corrected chi connectivity index (χ3v) is 3.84. The molecule has 2 aliphatic heterocycles. The number of aliphatic hydroxyl groups excluding tert-OH is 1. The van der Waals surface area contributed by atoms with Gasteiger partial charge in [-0.1, -0.05) is 6.42 Å². The third-order valence-electron chi connectivity index (χ3n) is 3.84. The van der Waals surface area contributed by atoms with Crippen molar-refractivity contribution in [3.63, 3.8) is 0 Å². The van der Waals surface area contributed by atoms with E-state index in [0.29, 0.717) is 12.6 Å². The lowest BCUT2D eigenvalue weighted by atomic mass is 10.0. The predicted octanol–water partition coefficient (Wildman–Crippen LogP) is 0.270. The number of piperidine rings is 1. The molecule has 17 heavy (non-hydrogen) atoms. The van der Waals surface area contributed by atoms with Crippen LogP contribution in [0.15, 0.2) is 0 Å². The molecule has 0 bridgehead atoms. The van der Waals surface area contributed by atoms with Crippen LogP contribution in [0.1, 0.15) is 37.3 Å². The van der Waals surface area contributed by atoms with E-state index in [1.165, 1.54) is 19.3 Å². The fourth-order valence-corrected chi connectivity index (χ4v) is 2.84. The molecule has 2 aliphatic rings. The molecular formula is C12H20N4O. The Morgan fingerprint density at radius 1 is 1.29 bits per heavy atom. The minimum Gasteiger partial charge on any atom is -0.391 e. The zero-order valence-electron chi connectivity index (χ0n) is 10.1. The maximum atomic E-state index is 9.71. The number of aromatic nitrogens is 3. The van der Waals surface area contributed by atoms with E-state index in [0.717, 1.165) is 37.5 Å². The normalized spacial score (nSPS) is 29.0. The van der Waals surface area contributed by atoms with Crippen molar-refractivity contribution < 1.29 is 5.11 Å². The van der Waals surface area contributed by atoms with Crippen LogP contribution in [0.5, 0.6) is 0 Å². The van der Waals surface area contributed by atoms with Gasteiger partial charge in [0.05, 0.1) is 12.6 Å². The largest absolute Gasteiger partial charge is 0.391 e. The van der Waals surface area contributed by atoms with Crippen molar-refractivity contribution >= 4 is 0 Å². The van der Waals surface area contributed by atoms with Gasteiger partial charge in [-0.15, -0.1) is 10.2 Å². The quantitative estimate of drug-likeness (QED) is 0.773. The maximum absolute atomic E-state index is 9.71. The van der Waals surface area contributed by atoms with E-state index in [1.807, 2.05) is 0 Å². The predicted molar refractivity (Wildman–Crippen MR) is 63.7 cm³/mol. The van der Waals surface area contributed by atoms with Gasteiger partial charge in [0.2, 0.25) is 0 Å². The molecule has 1 aromatic heterocycles. The van der Waals surface area contributed by atoms with Crippen molar-refractivity contribution in [3.05, 3.63) is 11.6 Å². The topological polar surface area (TPSA) is 63.0 Å². The van der Waals surface area contributed by atoms with E-state index in [-0.39, 0.29) is 6.10 Å². The monoisotopic (exact) mass is 236 g/mol. The van der Waals surface area contributed by atoms with Crippen molar-refractivity contribution in [2.45, 2.75) is 57.2 Å². The van der Waals surface area contributed by atoms with E-state index in [9.17, 15) is 5.11 Å². The molecule has 5 nitrogen and oxygen atoms in total. The van der Waals surface area contributed by atoms with Crippen LogP contribution in [0, 0.1) is 0 Å². The molecule has 0 saturated carbocycles. The van der Waals surface area contributed by atoms with Gasteiger partial charge in [-0.3, -0.25) is 0 Å². The van der Waals surface area contributed by atoms with Crippen LogP contribution in [-0.2, 0) is 19.4 Å². The number of nitrogens with zero attached hydrogens (tertiary/aromatic N) is 3. The van der Waals surface area contributed by atoms with Crippen molar-refractivity contribution in [1.82, 2.24) is 20.1 Å². The molecule has 2 unspecified atom stereocenters. The summed E-state index contributed by atoms with van der Waals surface area (Å²) in [5, 5.41) is 21.8. The van der Waals surface area contributed by atoms with Gasteiger partial charge in [0, 0.05) is 18.9 Å². The number of aryl methyl sites for hydroxylation is 1. The molecule has 1 aromatic rings. The number of aliphatic hydroxyl groups is 1. The summed E-state index contributed by atoms with van der Waals surface area (Å²) < 4.78 is 2.12. The minimum atomic E-state index is -0.225. The fraction of sp³-hybridized carbons (Fsp3) is 0.833. The van der Waals surface area contributed by atoms with Gasteiger partial charge in [0.1, 0.15) is 11.6 Å². The first-order chi connectivity index (χ1) is 8.33. The van der Waals surface area contributed by atoms with E-state index in [4.69, 9.17) is 0 Å². The molecule has 94 valence electrons. The lowest BCUT2D eigenvalue weighted by Crippen LogP contribution is -2.37. The molecule has 3 heterocycles. The third kappa shape index (κ3) is 2.35. The lowest BCUT2D eigenvalue weighted by Gasteiger charge is -2.25. The van der Waals surface area contributed by atoms with Crippen molar-refractivity contribution in [2.75, 3.05) is 6.54 Å². The van der Waals surface area contributed by atoms with E-state index >= 15 is 0 Å². The Kier molecular flexibility index (Phi) is 3.11. The summed E-state index contributed by atoms with van der Waals surface area (Å²) >= 11 is 0. The number of nitrogens with one attached hydrogen (secondary N) is 1. The zero-order chi connectivity index (χ0) is 11.7. The Morgan fingerprint density at radius 3 is 3.06 bits per heavy atom. The summed E-state index contributed by atoms with van der Waals surface area (Å²) in [7, 11) is 0. The highest BCUT2D eigenvalue weighted by Crippen LogP contribution is 2.17. The first-order valence-corrected chi connectivity index (χ1v) is 6.65. The molecule has 1 fully saturated rings. The summed E-state index contributed by atoms with van der Waals surface area (Å²) in [4.78, 5) is 0. The zero-order valence-corrected chi connectivity index (χ0v) is 10.1. The SMILES string of the molecule is OC1CCc2nnc(CC3CCCCN3)n2C1. The summed E-state index contributed by atoms with van der Waals surface area (Å²) in [6, 6.07) is 0.538. The van der Waals surface area contributed by atoms with Crippen LogP contribution in [0.2, 0.25) is 0 Å². The Bertz CT molecular complexity index is 384. The van der Waals surface area contributed by atoms with Crippen molar-refractivity contribution in [2.24, 2.45) is 0 Å². The molecule has 2 atom stereocenters. The van der Waals surface area contributed by atoms with E-state index in [1.54, 1.807) is 0 Å². The molecule has 0 aromatic carbocycles. The smallest absolute Gasteiger partial charge is 0.134 e. The van der Waals surface area contributed by atoms with Gasteiger partial charge in [-0.25, -0.2) is 0 Å². The molecule has 3 rings (SSSR count). The van der Waals surface area contributed by atoms with Crippen molar-refractivity contribution in [3.8, 4) is 0 Å². The second-order valence-corrected chi connectivity index (χ2v) is 5.19. The van der Waals surface area contributed by atoms with Gasteiger partial charge in [-0.05, 0) is 25.8 Å². The maximum Gasteiger partial charge on any atom is 0.134 e. The molecule has 0 radical (unpaired) electrons. The summed E-state index contributed by atoms with van der Waals surface area (Å²) in [6.45, 7) is 1.79. The standard InChI is InChI=1S/C12H20N4O/c17-10-4-5-11-14-15-12(16(11)8-10)7-9-3-1-2-6-13-9/h9-10,13,17H,1-8H2. The molecular weight excluding hydrogens is 216 g/mol. The van der Waals surface area contributed by atoms with Gasteiger partial charge in [0.25, 0.3) is 0 Å². The van der Waals surface area contributed by atoms with E-state index < -0.39 is 0 Å². The second kappa shape index (κ2) is 4.74. The highest BCUT2D eigenvalue weighted by atomic mass is 16.3. The average Bonchev–Trinajstić information content (AvgIpc) is 2.73. The van der Waals surface area contributed by atoms with Crippen LogP contribution in [-0.4, -0.2) is 38.6 Å². The summed E-state index contributed by atoms with van der Waals surface area (Å²) in [5.74, 6) is 2.08. The van der Waals surface area contributed by atoms with Crippen LogP contribution in [0.25, 0.3) is 0 Å². The number of hydrogen-bond acceptors (Lipinski definition) is 4. The van der Waals surface area contributed by atoms with Gasteiger partial charge < -0.3 is 15.0 Å². The van der Waals surface area contributed by atoms with Crippen LogP contribution >= 0.6 is 0 Å². The van der Waals surface area contributed by atoms with Gasteiger partial charge in [0.15, 0.2) is 0 Å². The first kappa shape index (κ1) is 11.2. The molecule has 2 N–H and O–H groups in total. The lowest BCUT2D eigenvalue weighted by molar-refractivity contribution is 0.128. The molecule has 5 heteroatoms. The Hall–Kier alpha value is -0.940. The summed E-state index contributed by atoms with van der Waals surface area (Å²) in [5.41, 5.74) is 0. The highest BCUT2D eigenvalue weighted by Gasteiger charge is 2.23. The molecule has 0 aliphatic carbocycles. The van der Waals surface area contributed by atoms with Crippen LogP contribution in [0.3, 0.4) is 0 Å². The van der Waals surface area contributed by atoms with Crippen LogP contribution in [0.4, 0.5) is 0 Å². The number of fused-ring (bicyclic) bond motifs is 1. The number of rotatable bonds is 2. The second-order valence-electron chi connectivity index (χ2n) is 5.19. The van der Waals surface area contributed by atoms with Gasteiger partial charge >= 0.3 is 0 Å². The Balaban J connectivity index is 1.72. The van der Waals surface area contributed by atoms with Gasteiger partial charge in [-0.2, -0.15) is 0 Å². The van der Waals surface area contributed by atoms with Crippen molar-refractivity contribution in [1.29, 1.82) is 0 Å². The Labute approximate surface area is 101 Å². The number of hydrogen-bond donors (Lipinski definition) is 2. The summed E-state index contributed by atoms with van der Waals surface area (Å²) in [6.07, 6.45) is 6.21. The highest BCUT2D eigenvalue weighted by molar-refractivity contribution is 5.02. The van der Waals surface area contributed by atoms with E-state index in [2.05, 4.69) is 20.1 Å². The fourth-order valence-electron chi connectivity index (χ4n) is 2.84. The Morgan fingerprint density at radius 2 is 2.24 bits per heavy atom. The first-order valence-electron chi connectivity index (χ1n) is 6.65. The molecule has 0 spiro atoms. The minimum absolute atomic E-state index is 0.225. The molecule has 0 amide bonds. The molecule has 1 saturated heterocycles. The average molecular weight is 236 g/mol. The van der Waals surface area contributed by atoms with Crippen LogP contribution < -0.4 is 5.32 Å².